The van der Waals surface area contributed by atoms with Gasteiger partial charge in [0.15, 0.2) is 23.0 Å². The number of anilines is 3. The number of para-hydroxylation sites is 3. The van der Waals surface area contributed by atoms with Gasteiger partial charge in [0.2, 0.25) is 0 Å². The first-order valence-corrected chi connectivity index (χ1v) is 20.4. The highest BCUT2D eigenvalue weighted by Gasteiger charge is 2.38. The second kappa shape index (κ2) is 12.5. The van der Waals surface area contributed by atoms with E-state index in [4.69, 9.17) is 9.47 Å². The van der Waals surface area contributed by atoms with Crippen LogP contribution in [0.4, 0.5) is 17.1 Å². The molecule has 11 aromatic rings. The lowest BCUT2D eigenvalue weighted by Crippen LogP contribution is -2.20. The normalized spacial score (nSPS) is 12.7. The molecule has 2 aliphatic rings. The van der Waals surface area contributed by atoms with Gasteiger partial charge in [-0.1, -0.05) is 109 Å². The van der Waals surface area contributed by atoms with Crippen molar-refractivity contribution in [2.45, 2.75) is 6.92 Å². The Morgan fingerprint density at radius 3 is 1.65 bits per heavy atom. The Bertz CT molecular complexity index is 3550. The number of fused-ring (bicyclic) bond motifs is 11. The Balaban J connectivity index is 1.06. The maximum absolute atomic E-state index is 7.12. The van der Waals surface area contributed by atoms with E-state index < -0.39 is 0 Å². The van der Waals surface area contributed by atoms with E-state index in [-0.39, 0.29) is 0 Å². The van der Waals surface area contributed by atoms with Gasteiger partial charge in [-0.3, -0.25) is 4.90 Å². The first-order chi connectivity index (χ1) is 29.7. The van der Waals surface area contributed by atoms with Crippen LogP contribution in [0.3, 0.4) is 0 Å². The molecule has 0 aliphatic carbocycles. The minimum atomic E-state index is 0.758. The Hall–Kier alpha value is -8.02. The van der Waals surface area contributed by atoms with Gasteiger partial charge < -0.3 is 18.6 Å². The number of nitrogens with zero attached hydrogens (tertiary/aromatic N) is 3. The van der Waals surface area contributed by atoms with Crippen molar-refractivity contribution in [2.24, 2.45) is 0 Å². The van der Waals surface area contributed by atoms with Crippen molar-refractivity contribution in [3.05, 3.63) is 200 Å². The molecule has 0 fully saturated rings. The molecule has 60 heavy (non-hydrogen) atoms. The topological polar surface area (TPSA) is 31.6 Å². The minimum absolute atomic E-state index is 0.758. The Morgan fingerprint density at radius 1 is 0.367 bits per heavy atom. The summed E-state index contributed by atoms with van der Waals surface area (Å²) in [6, 6.07) is 69.4. The molecule has 282 valence electrons. The fraction of sp³-hybridized carbons (Fsp3) is 0.0182. The molecule has 5 heteroatoms. The molecule has 4 heterocycles. The molecule has 0 atom stereocenters. The van der Waals surface area contributed by atoms with E-state index in [9.17, 15) is 0 Å². The molecule has 0 saturated heterocycles. The van der Waals surface area contributed by atoms with Crippen molar-refractivity contribution < 1.29 is 9.47 Å². The van der Waals surface area contributed by atoms with Gasteiger partial charge in [-0.2, -0.15) is 0 Å². The molecule has 0 spiro atoms. The first kappa shape index (κ1) is 33.0. The van der Waals surface area contributed by atoms with E-state index in [0.717, 1.165) is 101 Å². The minimum Gasteiger partial charge on any atom is -0.453 e. The number of hydrogen-bond acceptors (Lipinski definition) is 3. The van der Waals surface area contributed by atoms with Crippen LogP contribution in [0.2, 0.25) is 0 Å². The monoisotopic (exact) mass is 769 g/mol. The molecule has 0 amide bonds. The van der Waals surface area contributed by atoms with Crippen LogP contribution in [0.15, 0.2) is 194 Å². The van der Waals surface area contributed by atoms with Crippen molar-refractivity contribution in [3.8, 4) is 56.6 Å². The van der Waals surface area contributed by atoms with Gasteiger partial charge in [0, 0.05) is 32.9 Å². The molecule has 13 rings (SSSR count). The van der Waals surface area contributed by atoms with Crippen LogP contribution in [-0.2, 0) is 0 Å². The van der Waals surface area contributed by atoms with Crippen molar-refractivity contribution in [2.75, 3.05) is 4.90 Å². The Morgan fingerprint density at radius 2 is 0.917 bits per heavy atom. The summed E-state index contributed by atoms with van der Waals surface area (Å²) < 4.78 is 18.8. The molecular weight excluding hydrogens is 735 g/mol. The summed E-state index contributed by atoms with van der Waals surface area (Å²) in [5, 5.41) is 4.64. The van der Waals surface area contributed by atoms with Crippen molar-refractivity contribution in [1.29, 1.82) is 0 Å². The SMILES string of the molecule is Cc1ccc2c(c1)Oc1c3c(cc4c5cc(-c6ccc7c(c6)c6ccccc6n7-c6ccccc6)ccc5n(-c5ccccc5)c14)Oc1cc(-c4ccccc4)ccc1N23. The van der Waals surface area contributed by atoms with Gasteiger partial charge in [0.1, 0.15) is 5.69 Å². The van der Waals surface area contributed by atoms with E-state index in [1.807, 2.05) is 6.07 Å². The highest BCUT2D eigenvalue weighted by atomic mass is 16.5. The molecule has 2 aromatic heterocycles. The van der Waals surface area contributed by atoms with Gasteiger partial charge in [-0.15, -0.1) is 0 Å². The van der Waals surface area contributed by atoms with Crippen LogP contribution in [0.5, 0.6) is 23.0 Å². The molecule has 0 bridgehead atoms. The average molecular weight is 770 g/mol. The number of rotatable bonds is 4. The van der Waals surface area contributed by atoms with Crippen molar-refractivity contribution >= 4 is 60.7 Å². The van der Waals surface area contributed by atoms with Crippen LogP contribution >= 0.6 is 0 Å². The summed E-state index contributed by atoms with van der Waals surface area (Å²) in [4.78, 5) is 2.33. The largest absolute Gasteiger partial charge is 0.453 e. The summed E-state index contributed by atoms with van der Waals surface area (Å²) >= 11 is 0. The number of aromatic nitrogens is 2. The maximum atomic E-state index is 7.12. The standard InChI is InChI=1S/C55H35N3O2/c1-34-21-25-48-50(29-34)60-55-53-44(33-52-54(55)58(48)49-28-24-38(32-51(49)59-52)35-13-5-2-6-14-35)43-31-37(23-27-47(43)57(53)40-17-9-4-10-18-40)36-22-26-46-42(30-36)41-19-11-12-20-45(41)56(46)39-15-7-3-8-16-39/h2-33H,1H3. The number of hydrogen-bond donors (Lipinski definition) is 0. The second-order valence-corrected chi connectivity index (χ2v) is 15.8. The predicted molar refractivity (Wildman–Crippen MR) is 246 cm³/mol. The van der Waals surface area contributed by atoms with Crippen LogP contribution < -0.4 is 14.4 Å². The predicted octanol–water partition coefficient (Wildman–Crippen LogP) is 15.2. The lowest BCUT2D eigenvalue weighted by molar-refractivity contribution is 0.449. The second-order valence-electron chi connectivity index (χ2n) is 15.8. The van der Waals surface area contributed by atoms with Gasteiger partial charge in [0.25, 0.3) is 0 Å². The van der Waals surface area contributed by atoms with E-state index in [1.165, 1.54) is 21.8 Å². The van der Waals surface area contributed by atoms with Crippen molar-refractivity contribution in [3.63, 3.8) is 0 Å². The first-order valence-electron chi connectivity index (χ1n) is 20.4. The van der Waals surface area contributed by atoms with E-state index in [0.29, 0.717) is 0 Å². The summed E-state index contributed by atoms with van der Waals surface area (Å²) in [5.41, 5.74) is 15.2. The maximum Gasteiger partial charge on any atom is 0.180 e. The third-order valence-electron chi connectivity index (χ3n) is 12.3. The van der Waals surface area contributed by atoms with E-state index >= 15 is 0 Å². The van der Waals surface area contributed by atoms with Crippen molar-refractivity contribution in [1.82, 2.24) is 9.13 Å². The lowest BCUT2D eigenvalue weighted by Gasteiger charge is -2.38. The Kier molecular flexibility index (Phi) is 6.87. The quantitative estimate of drug-likeness (QED) is 0.179. The molecule has 2 aliphatic heterocycles. The van der Waals surface area contributed by atoms with Crippen LogP contribution in [0.25, 0.3) is 77.2 Å². The number of ether oxygens (including phenoxy) is 2. The van der Waals surface area contributed by atoms with Gasteiger partial charge >= 0.3 is 0 Å². The molecular formula is C55H35N3O2. The zero-order valence-corrected chi connectivity index (χ0v) is 32.6. The van der Waals surface area contributed by atoms with Crippen LogP contribution in [0.1, 0.15) is 5.56 Å². The molecule has 0 radical (unpaired) electrons. The van der Waals surface area contributed by atoms with Gasteiger partial charge in [0.05, 0.1) is 33.4 Å². The molecule has 5 nitrogen and oxygen atoms in total. The fourth-order valence-electron chi connectivity index (χ4n) is 9.61. The third kappa shape index (κ3) is 4.74. The summed E-state index contributed by atoms with van der Waals surface area (Å²) in [6.07, 6.45) is 0. The van der Waals surface area contributed by atoms with Crippen LogP contribution in [0, 0.1) is 6.92 Å². The average Bonchev–Trinajstić information content (AvgIpc) is 3.81. The summed E-state index contributed by atoms with van der Waals surface area (Å²) in [5.74, 6) is 3.15. The molecule has 0 unspecified atom stereocenters. The van der Waals surface area contributed by atoms with E-state index in [1.54, 1.807) is 0 Å². The third-order valence-corrected chi connectivity index (χ3v) is 12.3. The zero-order chi connectivity index (χ0) is 39.5. The Labute approximate surface area is 346 Å². The fourth-order valence-corrected chi connectivity index (χ4v) is 9.61. The highest BCUT2D eigenvalue weighted by molar-refractivity contribution is 6.17. The molecule has 0 saturated carbocycles. The highest BCUT2D eigenvalue weighted by Crippen LogP contribution is 2.63. The molecule has 9 aromatic carbocycles. The lowest BCUT2D eigenvalue weighted by atomic mass is 9.99. The van der Waals surface area contributed by atoms with Gasteiger partial charge in [-0.25, -0.2) is 0 Å². The molecule has 0 N–H and O–H groups in total. The number of aryl methyl sites for hydroxylation is 1. The zero-order valence-electron chi connectivity index (χ0n) is 32.6. The van der Waals surface area contributed by atoms with E-state index in [2.05, 4.69) is 209 Å². The summed E-state index contributed by atoms with van der Waals surface area (Å²) in [7, 11) is 0. The smallest absolute Gasteiger partial charge is 0.180 e. The summed E-state index contributed by atoms with van der Waals surface area (Å²) in [6.45, 7) is 2.11. The number of benzene rings is 9. The van der Waals surface area contributed by atoms with Gasteiger partial charge in [-0.05, 0) is 120 Å². The van der Waals surface area contributed by atoms with Crippen LogP contribution in [-0.4, -0.2) is 9.13 Å².